The van der Waals surface area contributed by atoms with E-state index in [-0.39, 0.29) is 11.1 Å². The number of aromatic nitrogens is 3. The van der Waals surface area contributed by atoms with Crippen molar-refractivity contribution in [2.45, 2.75) is 13.0 Å². The fraction of sp³-hybridized carbons (Fsp3) is 0.118. The van der Waals surface area contributed by atoms with Crippen molar-refractivity contribution >= 4 is 34.1 Å². The van der Waals surface area contributed by atoms with Crippen molar-refractivity contribution in [3.8, 4) is 5.69 Å². The predicted octanol–water partition coefficient (Wildman–Crippen LogP) is 1.61. The lowest BCUT2D eigenvalue weighted by molar-refractivity contribution is -0.123. The van der Waals surface area contributed by atoms with Gasteiger partial charge in [-0.05, 0) is 42.6 Å². The average molecular weight is 385 g/mol. The number of amides is 2. The Hall–Kier alpha value is -3.53. The first-order chi connectivity index (χ1) is 13.0. The highest BCUT2D eigenvalue weighted by Gasteiger charge is 2.21. The molecule has 0 bridgehead atoms. The Morgan fingerprint density at radius 3 is 2.59 bits per heavy atom. The summed E-state index contributed by atoms with van der Waals surface area (Å²) in [7, 11) is 0. The van der Waals surface area contributed by atoms with E-state index >= 15 is 0 Å². The molecule has 9 nitrogen and oxygen atoms in total. The van der Waals surface area contributed by atoms with E-state index in [1.54, 1.807) is 34.3 Å². The summed E-state index contributed by atoms with van der Waals surface area (Å²) in [5, 5.41) is 8.47. The van der Waals surface area contributed by atoms with Crippen LogP contribution in [0.1, 0.15) is 27.6 Å². The van der Waals surface area contributed by atoms with Crippen LogP contribution in [0.25, 0.3) is 5.69 Å². The Labute approximate surface area is 157 Å². The van der Waals surface area contributed by atoms with E-state index < -0.39 is 23.9 Å². The second-order valence-electron chi connectivity index (χ2n) is 5.45. The molecule has 1 aromatic carbocycles. The van der Waals surface area contributed by atoms with Gasteiger partial charge >= 0.3 is 5.97 Å². The van der Waals surface area contributed by atoms with Gasteiger partial charge in [0.2, 0.25) is 0 Å². The van der Waals surface area contributed by atoms with Crippen molar-refractivity contribution in [2.24, 2.45) is 5.73 Å². The van der Waals surface area contributed by atoms with Crippen LogP contribution in [0, 0.1) is 0 Å². The van der Waals surface area contributed by atoms with Crippen LogP contribution in [0.2, 0.25) is 0 Å². The van der Waals surface area contributed by atoms with Gasteiger partial charge in [-0.1, -0.05) is 0 Å². The van der Waals surface area contributed by atoms with Crippen molar-refractivity contribution in [3.63, 3.8) is 0 Å². The number of thiophene rings is 1. The van der Waals surface area contributed by atoms with Crippen molar-refractivity contribution in [2.75, 3.05) is 5.32 Å². The summed E-state index contributed by atoms with van der Waals surface area (Å²) in [5.74, 6) is -1.86. The van der Waals surface area contributed by atoms with Crippen LogP contribution in [0.4, 0.5) is 5.00 Å². The molecule has 3 rings (SSSR count). The maximum absolute atomic E-state index is 12.2. The molecule has 1 unspecified atom stereocenters. The van der Waals surface area contributed by atoms with Gasteiger partial charge in [-0.25, -0.2) is 14.5 Å². The summed E-state index contributed by atoms with van der Waals surface area (Å²) in [6, 6.07) is 8.00. The number of nitrogens with two attached hydrogens (primary N) is 1. The molecular formula is C17H15N5O4S. The number of hydrogen-bond acceptors (Lipinski definition) is 7. The number of rotatable bonds is 6. The minimum atomic E-state index is -1.06. The highest BCUT2D eigenvalue weighted by molar-refractivity contribution is 7.14. The molecule has 138 valence electrons. The SMILES string of the molecule is CC(OC(=O)c1ccc(-n2cncn2)cc1)C(=O)Nc1sccc1C(N)=O. The molecular weight excluding hydrogens is 370 g/mol. The van der Waals surface area contributed by atoms with Gasteiger partial charge in [0.05, 0.1) is 16.8 Å². The number of esters is 1. The first-order valence-electron chi connectivity index (χ1n) is 7.80. The number of nitrogens with zero attached hydrogens (tertiary/aromatic N) is 3. The van der Waals surface area contributed by atoms with Crippen LogP contribution >= 0.6 is 11.3 Å². The highest BCUT2D eigenvalue weighted by atomic mass is 32.1. The highest BCUT2D eigenvalue weighted by Crippen LogP contribution is 2.23. The maximum Gasteiger partial charge on any atom is 0.338 e. The molecule has 0 spiro atoms. The quantitative estimate of drug-likeness (QED) is 0.620. The molecule has 3 N–H and O–H groups in total. The molecule has 3 aromatic rings. The lowest BCUT2D eigenvalue weighted by atomic mass is 10.2. The lowest BCUT2D eigenvalue weighted by Crippen LogP contribution is -2.30. The van der Waals surface area contributed by atoms with Gasteiger partial charge in [-0.3, -0.25) is 9.59 Å². The zero-order valence-electron chi connectivity index (χ0n) is 14.2. The minimum Gasteiger partial charge on any atom is -0.449 e. The van der Waals surface area contributed by atoms with E-state index in [1.807, 2.05) is 0 Å². The van der Waals surface area contributed by atoms with E-state index in [4.69, 9.17) is 10.5 Å². The van der Waals surface area contributed by atoms with Crippen molar-refractivity contribution in [1.29, 1.82) is 0 Å². The summed E-state index contributed by atoms with van der Waals surface area (Å²) in [6.07, 6.45) is 1.87. The standard InChI is InChI=1S/C17H15N5O4S/c1-10(15(24)21-16-13(14(18)23)6-7-27-16)26-17(25)11-2-4-12(5-3-11)22-9-19-8-20-22/h2-10H,1H3,(H2,18,23)(H,21,24). The molecule has 27 heavy (non-hydrogen) atoms. The summed E-state index contributed by atoms with van der Waals surface area (Å²) >= 11 is 1.15. The number of carbonyl (C=O) groups excluding carboxylic acids is 3. The number of ether oxygens (including phenoxy) is 1. The summed E-state index contributed by atoms with van der Waals surface area (Å²) < 4.78 is 6.72. The Bertz CT molecular complexity index is 966. The first-order valence-corrected chi connectivity index (χ1v) is 8.68. The van der Waals surface area contributed by atoms with Gasteiger partial charge in [0.15, 0.2) is 6.10 Å². The summed E-state index contributed by atoms with van der Waals surface area (Å²) in [6.45, 7) is 1.44. The molecule has 0 aliphatic carbocycles. The Morgan fingerprint density at radius 1 is 1.22 bits per heavy atom. The number of benzene rings is 1. The van der Waals surface area contributed by atoms with Gasteiger partial charge in [0.1, 0.15) is 17.7 Å². The molecule has 10 heteroatoms. The normalized spacial score (nSPS) is 11.6. The molecule has 2 aromatic heterocycles. The molecule has 0 saturated carbocycles. The first kappa shape index (κ1) is 18.3. The Morgan fingerprint density at radius 2 is 1.96 bits per heavy atom. The number of nitrogens with one attached hydrogen (secondary N) is 1. The fourth-order valence-corrected chi connectivity index (χ4v) is 2.98. The van der Waals surface area contributed by atoms with Crippen molar-refractivity contribution in [3.05, 3.63) is 59.5 Å². The van der Waals surface area contributed by atoms with E-state index in [9.17, 15) is 14.4 Å². The van der Waals surface area contributed by atoms with Gasteiger partial charge in [0, 0.05) is 0 Å². The summed E-state index contributed by atoms with van der Waals surface area (Å²) in [4.78, 5) is 39.6. The largest absolute Gasteiger partial charge is 0.449 e. The topological polar surface area (TPSA) is 129 Å². The summed E-state index contributed by atoms with van der Waals surface area (Å²) in [5.41, 5.74) is 6.45. The zero-order chi connectivity index (χ0) is 19.4. The third kappa shape index (κ3) is 4.18. The van der Waals surface area contributed by atoms with Crippen molar-refractivity contribution < 1.29 is 19.1 Å². The van der Waals surface area contributed by atoms with Crippen molar-refractivity contribution in [1.82, 2.24) is 14.8 Å². The van der Waals surface area contributed by atoms with E-state index in [1.165, 1.54) is 25.6 Å². The fourth-order valence-electron chi connectivity index (χ4n) is 2.19. The molecule has 0 aliphatic rings. The van der Waals surface area contributed by atoms with Crippen LogP contribution in [0.5, 0.6) is 0 Å². The van der Waals surface area contributed by atoms with Gasteiger partial charge < -0.3 is 15.8 Å². The monoisotopic (exact) mass is 385 g/mol. The van der Waals surface area contributed by atoms with Crippen LogP contribution < -0.4 is 11.1 Å². The zero-order valence-corrected chi connectivity index (χ0v) is 15.0. The van der Waals surface area contributed by atoms with Crippen LogP contribution in [-0.4, -0.2) is 38.7 Å². The molecule has 2 amide bonds. The molecule has 0 fully saturated rings. The Kier molecular flexibility index (Phi) is 5.27. The Balaban J connectivity index is 1.62. The number of primary amides is 1. The number of hydrogen-bond donors (Lipinski definition) is 2. The molecule has 1 atom stereocenters. The van der Waals surface area contributed by atoms with E-state index in [0.29, 0.717) is 5.00 Å². The molecule has 2 heterocycles. The third-order valence-corrected chi connectivity index (χ3v) is 4.44. The smallest absolute Gasteiger partial charge is 0.338 e. The van der Waals surface area contributed by atoms with Crippen LogP contribution in [-0.2, 0) is 9.53 Å². The van der Waals surface area contributed by atoms with Gasteiger partial charge in [0.25, 0.3) is 11.8 Å². The molecule has 0 saturated heterocycles. The number of carbonyl (C=O) groups is 3. The van der Waals surface area contributed by atoms with Gasteiger partial charge in [-0.15, -0.1) is 11.3 Å². The number of anilines is 1. The lowest BCUT2D eigenvalue weighted by Gasteiger charge is -2.13. The second-order valence-corrected chi connectivity index (χ2v) is 6.37. The average Bonchev–Trinajstić information content (AvgIpc) is 3.33. The maximum atomic E-state index is 12.2. The third-order valence-electron chi connectivity index (χ3n) is 3.61. The van der Waals surface area contributed by atoms with E-state index in [2.05, 4.69) is 15.4 Å². The predicted molar refractivity (Wildman–Crippen MR) is 97.7 cm³/mol. The molecule has 0 aliphatic heterocycles. The van der Waals surface area contributed by atoms with E-state index in [0.717, 1.165) is 17.0 Å². The van der Waals surface area contributed by atoms with Crippen LogP contribution in [0.3, 0.4) is 0 Å². The van der Waals surface area contributed by atoms with Gasteiger partial charge in [-0.2, -0.15) is 5.10 Å². The second kappa shape index (κ2) is 7.79. The van der Waals surface area contributed by atoms with Crippen LogP contribution in [0.15, 0.2) is 48.4 Å². The molecule has 0 radical (unpaired) electrons. The minimum absolute atomic E-state index is 0.204.